The van der Waals surface area contributed by atoms with E-state index in [1.807, 2.05) is 45.0 Å². The van der Waals surface area contributed by atoms with E-state index in [1.54, 1.807) is 6.82 Å². The summed E-state index contributed by atoms with van der Waals surface area (Å²) in [7, 11) is -0.770. The van der Waals surface area contributed by atoms with Gasteiger partial charge in [-0.05, 0) is 71.0 Å². The van der Waals surface area contributed by atoms with E-state index in [0.717, 1.165) is 36.1 Å². The molecule has 0 unspecified atom stereocenters. The lowest BCUT2D eigenvalue weighted by Gasteiger charge is -2.25. The molecule has 2 aromatic rings. The van der Waals surface area contributed by atoms with Gasteiger partial charge in [0.15, 0.2) is 0 Å². The zero-order valence-electron chi connectivity index (χ0n) is 19.5. The van der Waals surface area contributed by atoms with Crippen molar-refractivity contribution in [3.8, 4) is 5.75 Å². The molecular weight excluding hydrogens is 389 g/mol. The van der Waals surface area contributed by atoms with E-state index in [9.17, 15) is 9.82 Å². The maximum Gasteiger partial charge on any atom is 0.374 e. The molecule has 0 aromatic heterocycles. The number of unbranched alkanes of at least 4 members (excludes halogenated alkanes) is 1. The molecule has 0 saturated heterocycles. The molecule has 0 radical (unpaired) electrons. The summed E-state index contributed by atoms with van der Waals surface area (Å²) in [5, 5.41) is 12.6. The molecule has 0 heterocycles. The molecule has 31 heavy (non-hydrogen) atoms. The first-order valence-corrected chi connectivity index (χ1v) is 11.1. The molecule has 0 fully saturated rings. The molecule has 0 aliphatic rings. The van der Waals surface area contributed by atoms with Crippen LogP contribution in [0.5, 0.6) is 5.75 Å². The summed E-state index contributed by atoms with van der Waals surface area (Å²) in [6.07, 6.45) is 3.20. The third kappa shape index (κ3) is 9.58. The summed E-state index contributed by atoms with van der Waals surface area (Å²) in [5.74, 6) is 0.574. The molecule has 168 valence electrons. The van der Waals surface area contributed by atoms with Crippen LogP contribution in [0.25, 0.3) is 0 Å². The van der Waals surface area contributed by atoms with Crippen LogP contribution in [-0.4, -0.2) is 29.7 Å². The molecule has 1 atom stereocenters. The van der Waals surface area contributed by atoms with E-state index < -0.39 is 18.7 Å². The number of aryl methyl sites for hydroxylation is 2. The summed E-state index contributed by atoms with van der Waals surface area (Å²) in [5.41, 5.74) is 2.98. The SMILES string of the molecule is CB(O)N[C@@H](CCCCc1ccccc1OCc1cccc(C)c1)C(=O)OC(C)(C)C. The third-order valence-electron chi connectivity index (χ3n) is 4.77. The number of hydrogen-bond donors (Lipinski definition) is 2. The predicted molar refractivity (Wildman–Crippen MR) is 126 cm³/mol. The minimum atomic E-state index is -0.770. The summed E-state index contributed by atoms with van der Waals surface area (Å²) >= 11 is 0. The Bertz CT molecular complexity index is 832. The van der Waals surface area contributed by atoms with Crippen LogP contribution in [0, 0.1) is 6.92 Å². The largest absolute Gasteiger partial charge is 0.489 e. The van der Waals surface area contributed by atoms with Crippen LogP contribution in [0.1, 0.15) is 56.7 Å². The Balaban J connectivity index is 1.88. The molecule has 0 aliphatic carbocycles. The maximum atomic E-state index is 12.4. The number of hydrogen-bond acceptors (Lipinski definition) is 5. The van der Waals surface area contributed by atoms with Gasteiger partial charge in [-0.3, -0.25) is 4.79 Å². The van der Waals surface area contributed by atoms with Crippen molar-refractivity contribution >= 4 is 13.0 Å². The number of nitrogens with one attached hydrogen (secondary N) is 1. The molecule has 2 rings (SSSR count). The standard InChI is InChI=1S/C25H36BNO4/c1-19-11-10-12-20(17-19)18-30-23-16-9-7-14-21(23)13-6-8-15-22(27-26(5)29)24(28)31-25(2,3)4/h7,9-12,14,16-17,22,27,29H,6,8,13,15,18H2,1-5H3/t22-/m0/s1. The van der Waals surface area contributed by atoms with Crippen LogP contribution < -0.4 is 9.96 Å². The van der Waals surface area contributed by atoms with E-state index in [1.165, 1.54) is 5.56 Å². The average Bonchev–Trinajstić information content (AvgIpc) is 2.68. The highest BCUT2D eigenvalue weighted by atomic mass is 16.6. The summed E-state index contributed by atoms with van der Waals surface area (Å²) in [6.45, 7) is 9.76. The van der Waals surface area contributed by atoms with Crippen molar-refractivity contribution in [3.05, 3.63) is 65.2 Å². The van der Waals surface area contributed by atoms with Crippen molar-refractivity contribution in [1.29, 1.82) is 0 Å². The van der Waals surface area contributed by atoms with Gasteiger partial charge in [0.1, 0.15) is 18.0 Å². The predicted octanol–water partition coefficient (Wildman–Crippen LogP) is 4.70. The fourth-order valence-electron chi connectivity index (χ4n) is 3.41. The van der Waals surface area contributed by atoms with Gasteiger partial charge in [-0.1, -0.05) is 54.4 Å². The monoisotopic (exact) mass is 425 g/mol. The highest BCUT2D eigenvalue weighted by Gasteiger charge is 2.26. The molecule has 2 N–H and O–H groups in total. The van der Waals surface area contributed by atoms with Crippen molar-refractivity contribution in [2.75, 3.05) is 0 Å². The number of ether oxygens (including phenoxy) is 2. The lowest BCUT2D eigenvalue weighted by molar-refractivity contribution is -0.157. The number of carbonyl (C=O) groups is 1. The lowest BCUT2D eigenvalue weighted by Crippen LogP contribution is -2.47. The Morgan fingerprint density at radius 3 is 2.55 bits per heavy atom. The van der Waals surface area contributed by atoms with Crippen LogP contribution in [0.3, 0.4) is 0 Å². The van der Waals surface area contributed by atoms with Crippen LogP contribution >= 0.6 is 0 Å². The Morgan fingerprint density at radius 2 is 1.87 bits per heavy atom. The van der Waals surface area contributed by atoms with Crippen LogP contribution in [0.2, 0.25) is 6.82 Å². The first-order valence-electron chi connectivity index (χ1n) is 11.1. The molecule has 0 amide bonds. The number of benzene rings is 2. The summed E-state index contributed by atoms with van der Waals surface area (Å²) in [4.78, 5) is 12.4. The van der Waals surface area contributed by atoms with Crippen molar-refractivity contribution in [1.82, 2.24) is 5.23 Å². The Kier molecular flexibility index (Phi) is 9.60. The van der Waals surface area contributed by atoms with Crippen molar-refractivity contribution in [2.45, 2.75) is 78.5 Å². The molecular formula is C25H36BNO4. The smallest absolute Gasteiger partial charge is 0.374 e. The van der Waals surface area contributed by atoms with E-state index in [4.69, 9.17) is 9.47 Å². The van der Waals surface area contributed by atoms with Crippen molar-refractivity contribution in [2.24, 2.45) is 0 Å². The zero-order valence-corrected chi connectivity index (χ0v) is 19.5. The molecule has 0 bridgehead atoms. The van der Waals surface area contributed by atoms with Crippen molar-refractivity contribution in [3.63, 3.8) is 0 Å². The van der Waals surface area contributed by atoms with Gasteiger partial charge in [-0.2, -0.15) is 0 Å². The van der Waals surface area contributed by atoms with E-state index in [-0.39, 0.29) is 5.97 Å². The van der Waals surface area contributed by atoms with Gasteiger partial charge in [0.2, 0.25) is 0 Å². The number of carbonyl (C=O) groups excluding carboxylic acids is 1. The second-order valence-corrected chi connectivity index (χ2v) is 9.06. The van der Waals surface area contributed by atoms with Gasteiger partial charge in [0.25, 0.3) is 0 Å². The van der Waals surface area contributed by atoms with Gasteiger partial charge in [-0.15, -0.1) is 0 Å². The Labute approximate surface area is 187 Å². The highest BCUT2D eigenvalue weighted by Crippen LogP contribution is 2.22. The lowest BCUT2D eigenvalue weighted by atomic mass is 9.86. The van der Waals surface area contributed by atoms with Gasteiger partial charge < -0.3 is 19.7 Å². The van der Waals surface area contributed by atoms with Gasteiger partial charge in [0.05, 0.1) is 6.04 Å². The summed E-state index contributed by atoms with van der Waals surface area (Å²) in [6, 6.07) is 15.9. The van der Waals surface area contributed by atoms with E-state index >= 15 is 0 Å². The highest BCUT2D eigenvalue weighted by molar-refractivity contribution is 6.46. The quantitative estimate of drug-likeness (QED) is 0.310. The van der Waals surface area contributed by atoms with Crippen LogP contribution in [0.15, 0.2) is 48.5 Å². The molecule has 0 spiro atoms. The Morgan fingerprint density at radius 1 is 1.13 bits per heavy atom. The topological polar surface area (TPSA) is 67.8 Å². The van der Waals surface area contributed by atoms with Crippen LogP contribution in [-0.2, 0) is 22.6 Å². The minimum Gasteiger partial charge on any atom is -0.489 e. The first kappa shape index (κ1) is 25.0. The fourth-order valence-corrected chi connectivity index (χ4v) is 3.41. The Hall–Kier alpha value is -2.31. The number of rotatable bonds is 11. The van der Waals surface area contributed by atoms with Gasteiger partial charge in [0, 0.05) is 0 Å². The molecule has 6 heteroatoms. The number of para-hydroxylation sites is 1. The fraction of sp³-hybridized carbons (Fsp3) is 0.480. The molecule has 5 nitrogen and oxygen atoms in total. The van der Waals surface area contributed by atoms with Crippen LogP contribution in [0.4, 0.5) is 0 Å². The minimum absolute atomic E-state index is 0.324. The molecule has 0 saturated carbocycles. The normalized spacial score (nSPS) is 12.3. The number of esters is 1. The van der Waals surface area contributed by atoms with Crippen molar-refractivity contribution < 1.29 is 19.3 Å². The maximum absolute atomic E-state index is 12.4. The van der Waals surface area contributed by atoms with Gasteiger partial charge >= 0.3 is 13.0 Å². The van der Waals surface area contributed by atoms with Gasteiger partial charge in [-0.25, -0.2) is 0 Å². The second kappa shape index (κ2) is 11.9. The molecule has 2 aromatic carbocycles. The zero-order chi connectivity index (χ0) is 22.9. The third-order valence-corrected chi connectivity index (χ3v) is 4.77. The second-order valence-electron chi connectivity index (χ2n) is 9.06. The first-order chi connectivity index (χ1) is 14.6. The average molecular weight is 425 g/mol. The van der Waals surface area contributed by atoms with E-state index in [0.29, 0.717) is 13.0 Å². The van der Waals surface area contributed by atoms with E-state index in [2.05, 4.69) is 36.4 Å². The molecule has 0 aliphatic heterocycles. The summed E-state index contributed by atoms with van der Waals surface area (Å²) < 4.78 is 11.6.